The van der Waals surface area contributed by atoms with Crippen molar-refractivity contribution in [3.05, 3.63) is 34.9 Å². The normalized spacial score (nSPS) is 12.2. The Morgan fingerprint density at radius 2 is 1.80 bits per heavy atom. The van der Waals surface area contributed by atoms with E-state index >= 15 is 0 Å². The average Bonchev–Trinajstić information content (AvgIpc) is 2.46. The molecule has 0 aliphatic carbocycles. The largest absolute Gasteiger partial charge is 0.343 e. The van der Waals surface area contributed by atoms with E-state index in [2.05, 4.69) is 12.2 Å². The Morgan fingerprint density at radius 1 is 1.20 bits per heavy atom. The Morgan fingerprint density at radius 3 is 2.30 bits per heavy atom. The third kappa shape index (κ3) is 5.14. The van der Waals surface area contributed by atoms with Gasteiger partial charge in [0.1, 0.15) is 0 Å². The number of halogens is 1. The van der Waals surface area contributed by atoms with Gasteiger partial charge in [-0.05, 0) is 38.0 Å². The first-order chi connectivity index (χ1) is 9.62. The van der Waals surface area contributed by atoms with E-state index in [-0.39, 0.29) is 11.9 Å². The van der Waals surface area contributed by atoms with Crippen molar-refractivity contribution in [2.75, 3.05) is 19.6 Å². The fourth-order valence-corrected chi connectivity index (χ4v) is 2.41. The number of carbonyl (C=O) groups is 1. The molecule has 0 spiro atoms. The quantitative estimate of drug-likeness (QED) is 0.794. The second-order valence-corrected chi connectivity index (χ2v) is 5.22. The third-order valence-electron chi connectivity index (χ3n) is 3.53. The van der Waals surface area contributed by atoms with Crippen molar-refractivity contribution < 1.29 is 4.79 Å². The van der Waals surface area contributed by atoms with Gasteiger partial charge in [-0.15, -0.1) is 0 Å². The number of nitrogens with one attached hydrogen (secondary N) is 1. The standard InChI is InChI=1S/C16H25ClN2O/c1-4-15(13-7-9-14(17)10-8-13)18-12-11-16(20)19(5-2)6-3/h7-10,15,18H,4-6,11-12H2,1-3H3. The van der Waals surface area contributed by atoms with E-state index in [9.17, 15) is 4.79 Å². The molecular weight excluding hydrogens is 272 g/mol. The van der Waals surface area contributed by atoms with Crippen molar-refractivity contribution in [3.8, 4) is 0 Å². The number of hydrogen-bond donors (Lipinski definition) is 1. The van der Waals surface area contributed by atoms with Crippen LogP contribution < -0.4 is 5.32 Å². The van der Waals surface area contributed by atoms with Gasteiger partial charge in [-0.25, -0.2) is 0 Å². The molecule has 0 heterocycles. The van der Waals surface area contributed by atoms with Crippen molar-refractivity contribution in [1.29, 1.82) is 0 Å². The zero-order valence-corrected chi connectivity index (χ0v) is 13.4. The van der Waals surface area contributed by atoms with E-state index in [1.807, 2.05) is 43.0 Å². The summed E-state index contributed by atoms with van der Waals surface area (Å²) >= 11 is 5.90. The Kier molecular flexibility index (Phi) is 7.63. The molecule has 0 aliphatic rings. The Hall–Kier alpha value is -1.06. The summed E-state index contributed by atoms with van der Waals surface area (Å²) < 4.78 is 0. The molecule has 0 aromatic heterocycles. The molecule has 112 valence electrons. The number of hydrogen-bond acceptors (Lipinski definition) is 2. The van der Waals surface area contributed by atoms with Crippen molar-refractivity contribution in [3.63, 3.8) is 0 Å². The fraction of sp³-hybridized carbons (Fsp3) is 0.562. The monoisotopic (exact) mass is 296 g/mol. The maximum atomic E-state index is 11.9. The summed E-state index contributed by atoms with van der Waals surface area (Å²) in [7, 11) is 0. The van der Waals surface area contributed by atoms with Crippen LogP contribution in [0.5, 0.6) is 0 Å². The minimum Gasteiger partial charge on any atom is -0.343 e. The van der Waals surface area contributed by atoms with Gasteiger partial charge in [-0.2, -0.15) is 0 Å². The molecule has 1 rings (SSSR count). The third-order valence-corrected chi connectivity index (χ3v) is 3.78. The molecule has 1 unspecified atom stereocenters. The van der Waals surface area contributed by atoms with Crippen molar-refractivity contribution in [2.45, 2.75) is 39.7 Å². The van der Waals surface area contributed by atoms with Crippen LogP contribution in [0.3, 0.4) is 0 Å². The van der Waals surface area contributed by atoms with Crippen LogP contribution in [-0.2, 0) is 4.79 Å². The second kappa shape index (κ2) is 8.98. The predicted molar refractivity (Wildman–Crippen MR) is 85.0 cm³/mol. The highest BCUT2D eigenvalue weighted by atomic mass is 35.5. The smallest absolute Gasteiger partial charge is 0.223 e. The van der Waals surface area contributed by atoms with Gasteiger partial charge < -0.3 is 10.2 Å². The van der Waals surface area contributed by atoms with E-state index in [0.29, 0.717) is 13.0 Å². The molecule has 4 heteroatoms. The van der Waals surface area contributed by atoms with E-state index in [4.69, 9.17) is 11.6 Å². The summed E-state index contributed by atoms with van der Waals surface area (Å²) in [5, 5.41) is 4.20. The lowest BCUT2D eigenvalue weighted by Crippen LogP contribution is -2.33. The van der Waals surface area contributed by atoms with Crippen LogP contribution >= 0.6 is 11.6 Å². The average molecular weight is 297 g/mol. The van der Waals surface area contributed by atoms with Crippen LogP contribution in [0.2, 0.25) is 5.02 Å². The number of nitrogens with zero attached hydrogens (tertiary/aromatic N) is 1. The van der Waals surface area contributed by atoms with Gasteiger partial charge in [-0.1, -0.05) is 30.7 Å². The zero-order valence-electron chi connectivity index (χ0n) is 12.7. The van der Waals surface area contributed by atoms with Crippen LogP contribution in [0.1, 0.15) is 45.2 Å². The van der Waals surface area contributed by atoms with E-state index in [1.54, 1.807) is 0 Å². The Bertz CT molecular complexity index is 401. The van der Waals surface area contributed by atoms with Gasteiger partial charge in [0.2, 0.25) is 5.91 Å². The molecule has 3 nitrogen and oxygen atoms in total. The number of carbonyl (C=O) groups excluding carboxylic acids is 1. The molecule has 0 aliphatic heterocycles. The van der Waals surface area contributed by atoms with Crippen LogP contribution in [-0.4, -0.2) is 30.4 Å². The molecule has 20 heavy (non-hydrogen) atoms. The maximum Gasteiger partial charge on any atom is 0.223 e. The highest BCUT2D eigenvalue weighted by molar-refractivity contribution is 6.30. The summed E-state index contributed by atoms with van der Waals surface area (Å²) in [4.78, 5) is 13.8. The lowest BCUT2D eigenvalue weighted by molar-refractivity contribution is -0.130. The van der Waals surface area contributed by atoms with Gasteiger partial charge in [0.15, 0.2) is 0 Å². The summed E-state index contributed by atoms with van der Waals surface area (Å²) in [5.74, 6) is 0.216. The molecule has 1 atom stereocenters. The molecule has 1 N–H and O–H groups in total. The van der Waals surface area contributed by atoms with Crippen molar-refractivity contribution >= 4 is 17.5 Å². The van der Waals surface area contributed by atoms with E-state index in [1.165, 1.54) is 5.56 Å². The van der Waals surface area contributed by atoms with E-state index < -0.39 is 0 Å². The number of rotatable bonds is 8. The van der Waals surface area contributed by atoms with Gasteiger partial charge in [0.05, 0.1) is 0 Å². The molecule has 0 saturated heterocycles. The molecule has 0 fully saturated rings. The summed E-state index contributed by atoms with van der Waals surface area (Å²) in [6.07, 6.45) is 1.53. The first-order valence-corrected chi connectivity index (χ1v) is 7.76. The zero-order chi connectivity index (χ0) is 15.0. The molecule has 1 aromatic rings. The Balaban J connectivity index is 2.46. The van der Waals surface area contributed by atoms with Gasteiger partial charge >= 0.3 is 0 Å². The Labute approximate surface area is 127 Å². The van der Waals surface area contributed by atoms with Crippen LogP contribution in [0, 0.1) is 0 Å². The van der Waals surface area contributed by atoms with Crippen molar-refractivity contribution in [1.82, 2.24) is 10.2 Å². The highest BCUT2D eigenvalue weighted by Gasteiger charge is 2.12. The van der Waals surface area contributed by atoms with Crippen LogP contribution in [0.4, 0.5) is 0 Å². The molecule has 0 radical (unpaired) electrons. The molecule has 1 aromatic carbocycles. The van der Waals surface area contributed by atoms with Gasteiger partial charge in [-0.3, -0.25) is 4.79 Å². The molecule has 0 bridgehead atoms. The van der Waals surface area contributed by atoms with Gasteiger partial charge in [0, 0.05) is 37.1 Å². The van der Waals surface area contributed by atoms with Crippen molar-refractivity contribution in [2.24, 2.45) is 0 Å². The second-order valence-electron chi connectivity index (χ2n) is 4.78. The summed E-state index contributed by atoms with van der Waals surface area (Å²) in [6.45, 7) is 8.43. The topological polar surface area (TPSA) is 32.3 Å². The van der Waals surface area contributed by atoms with Crippen LogP contribution in [0.25, 0.3) is 0 Å². The van der Waals surface area contributed by atoms with E-state index in [0.717, 1.165) is 24.5 Å². The molecule has 0 saturated carbocycles. The first-order valence-electron chi connectivity index (χ1n) is 7.38. The highest BCUT2D eigenvalue weighted by Crippen LogP contribution is 2.19. The molecule has 1 amide bonds. The molecular formula is C16H25ClN2O. The fourth-order valence-electron chi connectivity index (χ4n) is 2.28. The lowest BCUT2D eigenvalue weighted by Gasteiger charge is -2.21. The van der Waals surface area contributed by atoms with Gasteiger partial charge in [0.25, 0.3) is 0 Å². The predicted octanol–water partition coefficient (Wildman–Crippen LogP) is 3.64. The summed E-state index contributed by atoms with van der Waals surface area (Å²) in [6, 6.07) is 8.16. The number of amides is 1. The first kappa shape index (κ1) is 17.0. The maximum absolute atomic E-state index is 11.9. The minimum atomic E-state index is 0.216. The SMILES string of the molecule is CCC(NCCC(=O)N(CC)CC)c1ccc(Cl)cc1. The number of benzene rings is 1. The van der Waals surface area contributed by atoms with Crippen LogP contribution in [0.15, 0.2) is 24.3 Å². The minimum absolute atomic E-state index is 0.216. The lowest BCUT2D eigenvalue weighted by atomic mass is 10.0. The summed E-state index contributed by atoms with van der Waals surface area (Å²) in [5.41, 5.74) is 1.21.